The molecule has 0 unspecified atom stereocenters. The molecule has 7 aromatic carbocycles. The van der Waals surface area contributed by atoms with Crippen molar-refractivity contribution in [1.29, 1.82) is 0 Å². The van der Waals surface area contributed by atoms with Crippen LogP contribution in [0.2, 0.25) is 0 Å². The van der Waals surface area contributed by atoms with Crippen LogP contribution < -0.4 is 0 Å². The highest BCUT2D eigenvalue weighted by Crippen LogP contribution is 2.63. The highest BCUT2D eigenvalue weighted by molar-refractivity contribution is 7.99. The summed E-state index contributed by atoms with van der Waals surface area (Å²) in [6.07, 6.45) is 1.88. The van der Waals surface area contributed by atoms with Gasteiger partial charge in [0.05, 0.1) is 5.41 Å². The molecule has 0 fully saturated rings. The number of nitrogens with zero attached hydrogens (tertiary/aromatic N) is 4. The van der Waals surface area contributed by atoms with Crippen LogP contribution in [-0.2, 0) is 5.41 Å². The summed E-state index contributed by atoms with van der Waals surface area (Å²) in [7, 11) is 0. The van der Waals surface area contributed by atoms with Crippen LogP contribution in [0.1, 0.15) is 33.8 Å². The van der Waals surface area contributed by atoms with Gasteiger partial charge in [0.1, 0.15) is 5.82 Å². The Kier molecular flexibility index (Phi) is 8.05. The SMILES string of the molecule is Cc1cc(-c2cccc(-c3cccc(-c4ccc5c(c4)-c4c(-c6nc(C)nc(-c7ccccc7)n6)cccc4C54c5ccccc5Sc5ccccc54)c3)c2)ccn1. The van der Waals surface area contributed by atoms with E-state index in [1.165, 1.54) is 59.9 Å². The molecular weight excluding hydrogens is 725 g/mol. The van der Waals surface area contributed by atoms with E-state index in [0.717, 1.165) is 33.5 Å². The van der Waals surface area contributed by atoms with E-state index in [1.807, 2.05) is 50.0 Å². The van der Waals surface area contributed by atoms with Crippen molar-refractivity contribution >= 4 is 11.8 Å². The number of hydrogen-bond acceptors (Lipinski definition) is 5. The first-order valence-corrected chi connectivity index (χ1v) is 20.4. The first kappa shape index (κ1) is 34.3. The molecule has 58 heavy (non-hydrogen) atoms. The van der Waals surface area contributed by atoms with Gasteiger partial charge in [-0.05, 0) is 123 Å². The second-order valence-corrected chi connectivity index (χ2v) is 16.2. The molecule has 0 bridgehead atoms. The summed E-state index contributed by atoms with van der Waals surface area (Å²) in [5.74, 6) is 2.04. The molecule has 0 atom stereocenters. The number of pyridine rings is 1. The molecule has 2 aromatic heterocycles. The predicted octanol–water partition coefficient (Wildman–Crippen LogP) is 13.0. The second kappa shape index (κ2) is 13.6. The van der Waals surface area contributed by atoms with Gasteiger partial charge < -0.3 is 0 Å². The van der Waals surface area contributed by atoms with Crippen LogP contribution in [0.25, 0.3) is 67.3 Å². The van der Waals surface area contributed by atoms with E-state index in [-0.39, 0.29) is 0 Å². The maximum absolute atomic E-state index is 5.18. The van der Waals surface area contributed by atoms with Crippen molar-refractivity contribution < 1.29 is 0 Å². The van der Waals surface area contributed by atoms with Gasteiger partial charge in [0.2, 0.25) is 0 Å². The molecule has 1 spiro atoms. The predicted molar refractivity (Wildman–Crippen MR) is 236 cm³/mol. The van der Waals surface area contributed by atoms with Gasteiger partial charge in [0, 0.05) is 32.8 Å². The molecule has 0 saturated carbocycles. The van der Waals surface area contributed by atoms with Gasteiger partial charge >= 0.3 is 0 Å². The Hall–Kier alpha value is -6.95. The molecule has 0 N–H and O–H groups in total. The van der Waals surface area contributed by atoms with E-state index < -0.39 is 5.41 Å². The first-order valence-electron chi connectivity index (χ1n) is 19.6. The Morgan fingerprint density at radius 1 is 0.397 bits per heavy atom. The van der Waals surface area contributed by atoms with Gasteiger partial charge in [-0.25, -0.2) is 15.0 Å². The zero-order valence-electron chi connectivity index (χ0n) is 32.0. The second-order valence-electron chi connectivity index (χ2n) is 15.1. The summed E-state index contributed by atoms with van der Waals surface area (Å²) >= 11 is 1.86. The average Bonchev–Trinajstić information content (AvgIpc) is 3.57. The van der Waals surface area contributed by atoms with Gasteiger partial charge in [-0.15, -0.1) is 0 Å². The molecule has 4 nitrogen and oxygen atoms in total. The number of hydrogen-bond donors (Lipinski definition) is 0. The van der Waals surface area contributed by atoms with Crippen LogP contribution in [0, 0.1) is 13.8 Å². The largest absolute Gasteiger partial charge is 0.262 e. The number of aryl methyl sites for hydroxylation is 2. The first-order chi connectivity index (χ1) is 28.5. The molecule has 274 valence electrons. The van der Waals surface area contributed by atoms with Crippen LogP contribution in [0.4, 0.5) is 0 Å². The monoisotopic (exact) mass is 760 g/mol. The summed E-state index contributed by atoms with van der Waals surface area (Å²) in [5.41, 5.74) is 16.9. The molecule has 1 aliphatic heterocycles. The summed E-state index contributed by atoms with van der Waals surface area (Å²) in [6.45, 7) is 3.99. The molecule has 9 aromatic rings. The quantitative estimate of drug-likeness (QED) is 0.175. The van der Waals surface area contributed by atoms with Crippen molar-refractivity contribution in [3.8, 4) is 67.3 Å². The highest BCUT2D eigenvalue weighted by Gasteiger charge is 2.51. The van der Waals surface area contributed by atoms with E-state index in [1.54, 1.807) is 0 Å². The molecule has 2 aliphatic rings. The fourth-order valence-corrected chi connectivity index (χ4v) is 10.3. The topological polar surface area (TPSA) is 51.6 Å². The fourth-order valence-electron chi connectivity index (χ4n) is 9.12. The van der Waals surface area contributed by atoms with Crippen LogP contribution in [0.15, 0.2) is 192 Å². The van der Waals surface area contributed by atoms with Gasteiger partial charge in [0.25, 0.3) is 0 Å². The lowest BCUT2D eigenvalue weighted by Gasteiger charge is -2.39. The standard InChI is InChI=1S/C53H36N4S/c1-33-29-41(27-28-54-33)39-18-11-16-37(31-39)36-15-10-17-38(30-36)40-25-26-44-43(32-40)50-42(52-56-34(2)55-51(57-52)35-13-4-3-5-14-35)19-12-22-47(50)53(44)45-20-6-8-23-48(45)58-49-24-9-7-21-46(49)53/h3-32H,1-2H3. The summed E-state index contributed by atoms with van der Waals surface area (Å²) in [6, 6.07) is 63.8. The molecule has 1 aliphatic carbocycles. The third-order valence-electron chi connectivity index (χ3n) is 11.6. The zero-order chi connectivity index (χ0) is 38.8. The molecule has 3 heterocycles. The smallest absolute Gasteiger partial charge is 0.164 e. The fraction of sp³-hybridized carbons (Fsp3) is 0.0566. The summed E-state index contributed by atoms with van der Waals surface area (Å²) in [4.78, 5) is 22.0. The summed E-state index contributed by atoms with van der Waals surface area (Å²) < 4.78 is 0. The number of benzene rings is 7. The Morgan fingerprint density at radius 3 is 1.62 bits per heavy atom. The van der Waals surface area contributed by atoms with E-state index >= 15 is 0 Å². The van der Waals surface area contributed by atoms with Crippen LogP contribution in [-0.4, -0.2) is 19.9 Å². The zero-order valence-corrected chi connectivity index (χ0v) is 32.8. The van der Waals surface area contributed by atoms with Crippen LogP contribution in [0.3, 0.4) is 0 Å². The van der Waals surface area contributed by atoms with Crippen molar-refractivity contribution in [3.05, 3.63) is 216 Å². The lowest BCUT2D eigenvalue weighted by atomic mass is 9.67. The van der Waals surface area contributed by atoms with Gasteiger partial charge in [0.15, 0.2) is 11.6 Å². The van der Waals surface area contributed by atoms with Crippen molar-refractivity contribution in [2.45, 2.75) is 29.1 Å². The minimum atomic E-state index is -0.532. The van der Waals surface area contributed by atoms with E-state index in [4.69, 9.17) is 15.0 Å². The minimum Gasteiger partial charge on any atom is -0.262 e. The number of rotatable bonds is 5. The van der Waals surface area contributed by atoms with E-state index in [9.17, 15) is 0 Å². The van der Waals surface area contributed by atoms with Crippen molar-refractivity contribution in [3.63, 3.8) is 0 Å². The normalized spacial score (nSPS) is 13.1. The Bertz CT molecular complexity index is 3030. The van der Waals surface area contributed by atoms with Crippen LogP contribution >= 0.6 is 11.8 Å². The molecule has 0 saturated heterocycles. The van der Waals surface area contributed by atoms with Gasteiger partial charge in [-0.3, -0.25) is 4.98 Å². The van der Waals surface area contributed by atoms with Gasteiger partial charge in [-0.2, -0.15) is 0 Å². The summed E-state index contributed by atoms with van der Waals surface area (Å²) in [5, 5.41) is 0. The molecular formula is C53H36N4S. The average molecular weight is 761 g/mol. The molecule has 5 heteroatoms. The van der Waals surface area contributed by atoms with E-state index in [2.05, 4.69) is 163 Å². The molecule has 0 radical (unpaired) electrons. The van der Waals surface area contributed by atoms with Crippen molar-refractivity contribution in [2.75, 3.05) is 0 Å². The minimum absolute atomic E-state index is 0.532. The van der Waals surface area contributed by atoms with Gasteiger partial charge in [-0.1, -0.05) is 145 Å². The lowest BCUT2D eigenvalue weighted by molar-refractivity contribution is 0.722. The maximum Gasteiger partial charge on any atom is 0.164 e. The molecule has 0 amide bonds. The number of fused-ring (bicyclic) bond motifs is 9. The van der Waals surface area contributed by atoms with Crippen LogP contribution in [0.5, 0.6) is 0 Å². The third kappa shape index (κ3) is 5.46. The lowest BCUT2D eigenvalue weighted by Crippen LogP contribution is -2.31. The van der Waals surface area contributed by atoms with E-state index in [0.29, 0.717) is 17.5 Å². The van der Waals surface area contributed by atoms with Crippen molar-refractivity contribution in [2.24, 2.45) is 0 Å². The third-order valence-corrected chi connectivity index (χ3v) is 12.8. The highest BCUT2D eigenvalue weighted by atomic mass is 32.2. The Labute approximate surface area is 342 Å². The number of aromatic nitrogens is 4. The Morgan fingerprint density at radius 2 is 0.948 bits per heavy atom. The van der Waals surface area contributed by atoms with Crippen molar-refractivity contribution in [1.82, 2.24) is 19.9 Å². The maximum atomic E-state index is 5.18. The molecule has 11 rings (SSSR count). The Balaban J connectivity index is 1.13.